The summed E-state index contributed by atoms with van der Waals surface area (Å²) < 4.78 is 10.0. The van der Waals surface area contributed by atoms with E-state index in [1.807, 2.05) is 0 Å². The Kier molecular flexibility index (Phi) is 6.17. The van der Waals surface area contributed by atoms with Crippen LogP contribution < -0.4 is 10.6 Å². The summed E-state index contributed by atoms with van der Waals surface area (Å²) >= 11 is 0. The molecule has 0 heterocycles. The fraction of sp³-hybridized carbons (Fsp3) is 0.467. The second-order valence-electron chi connectivity index (χ2n) is 5.46. The summed E-state index contributed by atoms with van der Waals surface area (Å²) in [6.07, 6.45) is -0.556. The highest BCUT2D eigenvalue weighted by molar-refractivity contribution is 5.96. The van der Waals surface area contributed by atoms with Gasteiger partial charge in [0.1, 0.15) is 5.60 Å². The lowest BCUT2D eigenvalue weighted by atomic mass is 10.2. The average molecular weight is 294 g/mol. The third-order valence-electron chi connectivity index (χ3n) is 2.36. The van der Waals surface area contributed by atoms with Gasteiger partial charge in [-0.05, 0) is 39.0 Å². The van der Waals surface area contributed by atoms with E-state index in [0.717, 1.165) is 0 Å². The largest absolute Gasteiger partial charge is 0.444 e. The molecule has 0 aliphatic rings. The SMILES string of the molecule is COCCNC(=O)c1cccc(NC(=O)OC(C)(C)C)c1. The minimum Gasteiger partial charge on any atom is -0.444 e. The van der Waals surface area contributed by atoms with Crippen LogP contribution in [-0.4, -0.2) is 37.9 Å². The Hall–Kier alpha value is -2.08. The average Bonchev–Trinajstić information content (AvgIpc) is 2.36. The molecule has 0 aromatic heterocycles. The number of ether oxygens (including phenoxy) is 2. The minimum absolute atomic E-state index is 0.222. The molecule has 1 rings (SSSR count). The molecule has 116 valence electrons. The molecular formula is C15H22N2O4. The standard InChI is InChI=1S/C15H22N2O4/c1-15(2,3)21-14(19)17-12-7-5-6-11(10-12)13(18)16-8-9-20-4/h5-7,10H,8-9H2,1-4H3,(H,16,18)(H,17,19). The normalized spacial score (nSPS) is 10.9. The Morgan fingerprint density at radius 1 is 1.24 bits per heavy atom. The highest BCUT2D eigenvalue weighted by atomic mass is 16.6. The molecule has 1 aromatic carbocycles. The predicted octanol–water partition coefficient (Wildman–Crippen LogP) is 2.41. The first kappa shape index (κ1) is 17.0. The van der Waals surface area contributed by atoms with Crippen LogP contribution in [0.1, 0.15) is 31.1 Å². The third-order valence-corrected chi connectivity index (χ3v) is 2.36. The number of rotatable bonds is 5. The second-order valence-corrected chi connectivity index (χ2v) is 5.46. The zero-order valence-corrected chi connectivity index (χ0v) is 12.9. The highest BCUT2D eigenvalue weighted by Crippen LogP contribution is 2.13. The molecule has 0 spiro atoms. The van der Waals surface area contributed by atoms with Crippen LogP contribution >= 0.6 is 0 Å². The molecule has 1 aromatic rings. The van der Waals surface area contributed by atoms with Gasteiger partial charge < -0.3 is 14.8 Å². The Balaban J connectivity index is 2.63. The first-order chi connectivity index (χ1) is 9.81. The zero-order chi connectivity index (χ0) is 15.9. The maximum atomic E-state index is 11.9. The van der Waals surface area contributed by atoms with Crippen LogP contribution in [0.2, 0.25) is 0 Å². The molecule has 0 aliphatic heterocycles. The first-order valence-corrected chi connectivity index (χ1v) is 6.69. The van der Waals surface area contributed by atoms with Crippen LogP contribution in [0.5, 0.6) is 0 Å². The summed E-state index contributed by atoms with van der Waals surface area (Å²) in [4.78, 5) is 23.5. The van der Waals surface area contributed by atoms with Gasteiger partial charge in [-0.3, -0.25) is 10.1 Å². The van der Waals surface area contributed by atoms with E-state index in [-0.39, 0.29) is 5.91 Å². The molecule has 0 unspecified atom stereocenters. The number of hydrogen-bond donors (Lipinski definition) is 2. The molecule has 0 atom stereocenters. The molecule has 6 nitrogen and oxygen atoms in total. The van der Waals surface area contributed by atoms with Crippen molar-refractivity contribution in [3.63, 3.8) is 0 Å². The van der Waals surface area contributed by atoms with Gasteiger partial charge in [-0.25, -0.2) is 4.79 Å². The quantitative estimate of drug-likeness (QED) is 0.818. The number of nitrogens with one attached hydrogen (secondary N) is 2. The maximum Gasteiger partial charge on any atom is 0.412 e. The van der Waals surface area contributed by atoms with Crippen LogP contribution in [0.4, 0.5) is 10.5 Å². The van der Waals surface area contributed by atoms with Crippen LogP contribution in [0.25, 0.3) is 0 Å². The van der Waals surface area contributed by atoms with Gasteiger partial charge in [0.15, 0.2) is 0 Å². The van der Waals surface area contributed by atoms with E-state index in [1.165, 1.54) is 0 Å². The summed E-state index contributed by atoms with van der Waals surface area (Å²) in [5.74, 6) is -0.222. The molecule has 6 heteroatoms. The smallest absolute Gasteiger partial charge is 0.412 e. The lowest BCUT2D eigenvalue weighted by molar-refractivity contribution is 0.0635. The topological polar surface area (TPSA) is 76.7 Å². The van der Waals surface area contributed by atoms with Gasteiger partial charge in [0.2, 0.25) is 0 Å². The molecule has 0 fully saturated rings. The molecule has 2 N–H and O–H groups in total. The van der Waals surface area contributed by atoms with E-state index < -0.39 is 11.7 Å². The van der Waals surface area contributed by atoms with Crippen LogP contribution in [-0.2, 0) is 9.47 Å². The third kappa shape index (κ3) is 6.76. The summed E-state index contributed by atoms with van der Waals surface area (Å²) in [6.45, 7) is 6.23. The number of anilines is 1. The molecule has 2 amide bonds. The van der Waals surface area contributed by atoms with E-state index >= 15 is 0 Å². The van der Waals surface area contributed by atoms with Crippen molar-refractivity contribution in [3.05, 3.63) is 29.8 Å². The fourth-order valence-corrected chi connectivity index (χ4v) is 1.53. The van der Waals surface area contributed by atoms with Crippen molar-refractivity contribution in [2.45, 2.75) is 26.4 Å². The van der Waals surface area contributed by atoms with Crippen molar-refractivity contribution in [2.75, 3.05) is 25.6 Å². The van der Waals surface area contributed by atoms with E-state index in [1.54, 1.807) is 52.1 Å². The Morgan fingerprint density at radius 3 is 2.57 bits per heavy atom. The van der Waals surface area contributed by atoms with Gasteiger partial charge in [-0.1, -0.05) is 6.07 Å². The van der Waals surface area contributed by atoms with Gasteiger partial charge in [0, 0.05) is 24.9 Å². The van der Waals surface area contributed by atoms with Crippen molar-refractivity contribution in [2.24, 2.45) is 0 Å². The minimum atomic E-state index is -0.570. The molecule has 21 heavy (non-hydrogen) atoms. The second kappa shape index (κ2) is 7.64. The van der Waals surface area contributed by atoms with E-state index in [0.29, 0.717) is 24.4 Å². The molecule has 0 aliphatic carbocycles. The van der Waals surface area contributed by atoms with E-state index in [9.17, 15) is 9.59 Å². The summed E-state index contributed by atoms with van der Waals surface area (Å²) in [7, 11) is 1.57. The summed E-state index contributed by atoms with van der Waals surface area (Å²) in [5, 5.41) is 5.31. The van der Waals surface area contributed by atoms with Crippen molar-refractivity contribution < 1.29 is 19.1 Å². The summed E-state index contributed by atoms with van der Waals surface area (Å²) in [6, 6.07) is 6.64. The molecule has 0 saturated heterocycles. The van der Waals surface area contributed by atoms with Gasteiger partial charge in [-0.2, -0.15) is 0 Å². The fourth-order valence-electron chi connectivity index (χ4n) is 1.53. The van der Waals surface area contributed by atoms with Crippen LogP contribution in [0.3, 0.4) is 0 Å². The van der Waals surface area contributed by atoms with Crippen molar-refractivity contribution in [3.8, 4) is 0 Å². The number of hydrogen-bond acceptors (Lipinski definition) is 4. The van der Waals surface area contributed by atoms with Crippen LogP contribution in [0, 0.1) is 0 Å². The number of methoxy groups -OCH3 is 1. The number of carbonyl (C=O) groups excluding carboxylic acids is 2. The summed E-state index contributed by atoms with van der Waals surface area (Å²) in [5.41, 5.74) is 0.391. The number of carbonyl (C=O) groups is 2. The molecule has 0 bridgehead atoms. The lowest BCUT2D eigenvalue weighted by Gasteiger charge is -2.19. The van der Waals surface area contributed by atoms with E-state index in [4.69, 9.17) is 9.47 Å². The van der Waals surface area contributed by atoms with Gasteiger partial charge in [-0.15, -0.1) is 0 Å². The van der Waals surface area contributed by atoms with E-state index in [2.05, 4.69) is 10.6 Å². The van der Waals surface area contributed by atoms with Gasteiger partial charge in [0.05, 0.1) is 6.61 Å². The first-order valence-electron chi connectivity index (χ1n) is 6.69. The van der Waals surface area contributed by atoms with Crippen molar-refractivity contribution in [1.82, 2.24) is 5.32 Å². The van der Waals surface area contributed by atoms with Crippen LogP contribution in [0.15, 0.2) is 24.3 Å². The zero-order valence-electron chi connectivity index (χ0n) is 12.9. The van der Waals surface area contributed by atoms with Crippen molar-refractivity contribution in [1.29, 1.82) is 0 Å². The number of amides is 2. The highest BCUT2D eigenvalue weighted by Gasteiger charge is 2.16. The Bertz CT molecular complexity index is 495. The van der Waals surface area contributed by atoms with Gasteiger partial charge >= 0.3 is 6.09 Å². The number of benzene rings is 1. The van der Waals surface area contributed by atoms with Crippen molar-refractivity contribution >= 4 is 17.7 Å². The monoisotopic (exact) mass is 294 g/mol. The Labute approximate surface area is 124 Å². The molecular weight excluding hydrogens is 272 g/mol. The molecule has 0 saturated carbocycles. The Morgan fingerprint density at radius 2 is 1.95 bits per heavy atom. The maximum absolute atomic E-state index is 11.9. The lowest BCUT2D eigenvalue weighted by Crippen LogP contribution is -2.28. The molecule has 0 radical (unpaired) electrons. The predicted molar refractivity (Wildman–Crippen MR) is 80.5 cm³/mol. The van der Waals surface area contributed by atoms with Gasteiger partial charge in [0.25, 0.3) is 5.91 Å².